The van der Waals surface area contributed by atoms with Gasteiger partial charge in [0, 0.05) is 17.8 Å². The molecule has 0 bridgehead atoms. The molecule has 0 saturated carbocycles. The van der Waals surface area contributed by atoms with Gasteiger partial charge >= 0.3 is 6.36 Å². The summed E-state index contributed by atoms with van der Waals surface area (Å²) in [6, 6.07) is 7.37. The highest BCUT2D eigenvalue weighted by Crippen LogP contribution is 2.32. The van der Waals surface area contributed by atoms with E-state index in [1.54, 1.807) is 20.8 Å². The lowest BCUT2D eigenvalue weighted by Crippen LogP contribution is -2.29. The van der Waals surface area contributed by atoms with Crippen molar-refractivity contribution >= 4 is 27.3 Å². The van der Waals surface area contributed by atoms with Crippen LogP contribution in [-0.4, -0.2) is 39.0 Å². The molecule has 0 spiro atoms. The number of halogens is 3. The first kappa shape index (κ1) is 27.3. The van der Waals surface area contributed by atoms with Crippen molar-refractivity contribution < 1.29 is 41.0 Å². The molecule has 2 aromatic carbocycles. The third-order valence-corrected chi connectivity index (χ3v) is 6.23. The fourth-order valence-electron chi connectivity index (χ4n) is 3.02. The molecule has 2 rings (SSSR count). The standard InChI is InChI=1S/C22H27F3N2O6S/c1-5-32-19-10-15(26-21(29)17(12-28)13(2)3)8-9-20(19)34(30,31)27-16-7-6-14(4)18(11-16)33-22(23,24)25/h6-11,13,17,27-28H,5,12H2,1-4H3,(H,26,29)/t17-/m0/s1. The SMILES string of the molecule is CCOc1cc(NC(=O)[C@@H](CO)C(C)C)ccc1S(=O)(=O)Nc1ccc(C)c(OC(F)(F)F)c1. The van der Waals surface area contributed by atoms with E-state index in [4.69, 9.17) is 4.74 Å². The molecular formula is C22H27F3N2O6S. The molecule has 3 N–H and O–H groups in total. The minimum absolute atomic E-state index is 0.0724. The molecule has 12 heteroatoms. The van der Waals surface area contributed by atoms with Crippen molar-refractivity contribution in [3.8, 4) is 11.5 Å². The normalized spacial score (nSPS) is 12.9. The van der Waals surface area contributed by atoms with Gasteiger partial charge in [0.05, 0.1) is 24.8 Å². The van der Waals surface area contributed by atoms with Crippen molar-refractivity contribution in [3.63, 3.8) is 0 Å². The largest absolute Gasteiger partial charge is 0.573 e. The second-order valence-corrected chi connectivity index (χ2v) is 9.40. The minimum atomic E-state index is -4.94. The number of sulfonamides is 1. The van der Waals surface area contributed by atoms with Crippen LogP contribution in [0, 0.1) is 18.8 Å². The predicted octanol–water partition coefficient (Wildman–Crippen LogP) is 4.30. The number of hydrogen-bond acceptors (Lipinski definition) is 6. The number of aryl methyl sites for hydroxylation is 1. The van der Waals surface area contributed by atoms with Gasteiger partial charge in [-0.25, -0.2) is 8.42 Å². The number of rotatable bonds is 10. The van der Waals surface area contributed by atoms with Crippen LogP contribution in [0.3, 0.4) is 0 Å². The van der Waals surface area contributed by atoms with Gasteiger partial charge in [0.25, 0.3) is 10.0 Å². The Kier molecular flexibility index (Phi) is 8.78. The van der Waals surface area contributed by atoms with Crippen molar-refractivity contribution in [2.45, 2.75) is 39.0 Å². The third kappa shape index (κ3) is 7.26. The monoisotopic (exact) mass is 504 g/mol. The minimum Gasteiger partial charge on any atom is -0.492 e. The van der Waals surface area contributed by atoms with Crippen molar-refractivity contribution in [2.75, 3.05) is 23.3 Å². The molecule has 8 nitrogen and oxygen atoms in total. The van der Waals surface area contributed by atoms with Gasteiger partial charge < -0.3 is 19.9 Å². The highest BCUT2D eigenvalue weighted by atomic mass is 32.2. The second kappa shape index (κ2) is 11.0. The summed E-state index contributed by atoms with van der Waals surface area (Å²) in [5.74, 6) is -1.84. The maximum Gasteiger partial charge on any atom is 0.573 e. The van der Waals surface area contributed by atoms with E-state index in [2.05, 4.69) is 14.8 Å². The number of ether oxygens (including phenoxy) is 2. The Morgan fingerprint density at radius 1 is 1.09 bits per heavy atom. The molecule has 0 aliphatic heterocycles. The molecular weight excluding hydrogens is 477 g/mol. The Balaban J connectivity index is 2.35. The summed E-state index contributed by atoms with van der Waals surface area (Å²) >= 11 is 0. The lowest BCUT2D eigenvalue weighted by molar-refractivity contribution is -0.274. The van der Waals surface area contributed by atoms with Gasteiger partial charge in [-0.3, -0.25) is 9.52 Å². The molecule has 0 fully saturated rings. The molecule has 1 atom stereocenters. The molecule has 0 aliphatic rings. The van der Waals surface area contributed by atoms with Crippen molar-refractivity contribution in [2.24, 2.45) is 11.8 Å². The van der Waals surface area contributed by atoms with E-state index in [0.29, 0.717) is 0 Å². The molecule has 2 aromatic rings. The Morgan fingerprint density at radius 2 is 1.71 bits per heavy atom. The van der Waals surface area contributed by atoms with E-state index >= 15 is 0 Å². The van der Waals surface area contributed by atoms with E-state index in [1.807, 2.05) is 0 Å². The first-order valence-electron chi connectivity index (χ1n) is 10.3. The fraction of sp³-hybridized carbons (Fsp3) is 0.409. The average molecular weight is 505 g/mol. The molecule has 0 aliphatic carbocycles. The number of alkyl halides is 3. The summed E-state index contributed by atoms with van der Waals surface area (Å²) in [6.45, 7) is 6.35. The second-order valence-electron chi connectivity index (χ2n) is 7.75. The van der Waals surface area contributed by atoms with Gasteiger partial charge in [-0.1, -0.05) is 19.9 Å². The Bertz CT molecular complexity index is 1120. The highest BCUT2D eigenvalue weighted by Gasteiger charge is 2.32. The van der Waals surface area contributed by atoms with Gasteiger partial charge in [-0.15, -0.1) is 13.2 Å². The Labute approximate surface area is 196 Å². The van der Waals surface area contributed by atoms with Crippen LogP contribution in [0.15, 0.2) is 41.3 Å². The van der Waals surface area contributed by atoms with Crippen LogP contribution >= 0.6 is 0 Å². The van der Waals surface area contributed by atoms with E-state index < -0.39 is 34.0 Å². The van der Waals surface area contributed by atoms with Crippen molar-refractivity contribution in [1.29, 1.82) is 0 Å². The predicted molar refractivity (Wildman–Crippen MR) is 120 cm³/mol. The van der Waals surface area contributed by atoms with Crippen LogP contribution in [0.25, 0.3) is 0 Å². The van der Waals surface area contributed by atoms with Crippen LogP contribution < -0.4 is 19.5 Å². The molecule has 0 saturated heterocycles. The summed E-state index contributed by atoms with van der Waals surface area (Å²) in [6.07, 6.45) is -4.94. The van der Waals surface area contributed by atoms with Gasteiger partial charge in [-0.2, -0.15) is 0 Å². The number of aliphatic hydroxyl groups excluding tert-OH is 1. The van der Waals surface area contributed by atoms with E-state index in [9.17, 15) is 31.5 Å². The summed E-state index contributed by atoms with van der Waals surface area (Å²) in [5.41, 5.74) is 0.271. The third-order valence-electron chi connectivity index (χ3n) is 4.80. The van der Waals surface area contributed by atoms with E-state index in [1.165, 1.54) is 37.3 Å². The van der Waals surface area contributed by atoms with E-state index in [-0.39, 0.29) is 46.7 Å². The Morgan fingerprint density at radius 3 is 2.26 bits per heavy atom. The number of nitrogens with one attached hydrogen (secondary N) is 2. The molecule has 188 valence electrons. The number of hydrogen-bond donors (Lipinski definition) is 3. The number of amides is 1. The summed E-state index contributed by atoms with van der Waals surface area (Å²) in [4.78, 5) is 12.1. The summed E-state index contributed by atoms with van der Waals surface area (Å²) in [5, 5.41) is 12.0. The maximum atomic E-state index is 13.0. The first-order chi connectivity index (χ1) is 15.8. The van der Waals surface area contributed by atoms with Crippen molar-refractivity contribution in [1.82, 2.24) is 0 Å². The quantitative estimate of drug-likeness (QED) is 0.445. The summed E-state index contributed by atoms with van der Waals surface area (Å²) in [7, 11) is -4.28. The van der Waals surface area contributed by atoms with Gasteiger partial charge in [0.15, 0.2) is 0 Å². The number of benzene rings is 2. The fourth-order valence-corrected chi connectivity index (χ4v) is 4.19. The van der Waals surface area contributed by atoms with Gasteiger partial charge in [0.1, 0.15) is 16.4 Å². The zero-order valence-electron chi connectivity index (χ0n) is 19.1. The molecule has 34 heavy (non-hydrogen) atoms. The molecule has 1 amide bonds. The lowest BCUT2D eigenvalue weighted by Gasteiger charge is -2.19. The molecule has 0 aromatic heterocycles. The zero-order valence-corrected chi connectivity index (χ0v) is 19.9. The highest BCUT2D eigenvalue weighted by molar-refractivity contribution is 7.92. The number of carbonyl (C=O) groups excluding carboxylic acids is 1. The van der Waals surface area contributed by atoms with Crippen LogP contribution in [0.5, 0.6) is 11.5 Å². The average Bonchev–Trinajstić information content (AvgIpc) is 2.69. The van der Waals surface area contributed by atoms with Crippen LogP contribution in [-0.2, 0) is 14.8 Å². The van der Waals surface area contributed by atoms with Crippen LogP contribution in [0.4, 0.5) is 24.5 Å². The molecule has 0 unspecified atom stereocenters. The topological polar surface area (TPSA) is 114 Å². The number of carbonyl (C=O) groups is 1. The van der Waals surface area contributed by atoms with Crippen molar-refractivity contribution in [3.05, 3.63) is 42.0 Å². The maximum absolute atomic E-state index is 13.0. The molecule has 0 radical (unpaired) electrons. The van der Waals surface area contributed by atoms with E-state index in [0.717, 1.165) is 6.07 Å². The number of anilines is 2. The van der Waals surface area contributed by atoms with Crippen LogP contribution in [0.1, 0.15) is 26.3 Å². The molecule has 0 heterocycles. The van der Waals surface area contributed by atoms with Gasteiger partial charge in [-0.05, 0) is 43.5 Å². The lowest BCUT2D eigenvalue weighted by atomic mass is 9.96. The number of aliphatic hydroxyl groups is 1. The first-order valence-corrected chi connectivity index (χ1v) is 11.8. The smallest absolute Gasteiger partial charge is 0.492 e. The summed E-state index contributed by atoms with van der Waals surface area (Å²) < 4.78 is 75.4. The van der Waals surface area contributed by atoms with Crippen LogP contribution in [0.2, 0.25) is 0 Å². The zero-order chi connectivity index (χ0) is 25.7. The van der Waals surface area contributed by atoms with Gasteiger partial charge in [0.2, 0.25) is 5.91 Å². The Hall–Kier alpha value is -2.99.